The van der Waals surface area contributed by atoms with Gasteiger partial charge in [-0.25, -0.2) is 8.42 Å². The van der Waals surface area contributed by atoms with Crippen molar-refractivity contribution in [2.75, 3.05) is 13.1 Å². The monoisotopic (exact) mass is 371 g/mol. The average Bonchev–Trinajstić information content (AvgIpc) is 3.16. The minimum Gasteiger partial charge on any atom is -0.360 e. The lowest BCUT2D eigenvalue weighted by molar-refractivity contribution is 0.382. The molecule has 7 heteroatoms. The number of fused-ring (bicyclic) bond motifs is 1. The Kier molecular flexibility index (Phi) is 4.20. The van der Waals surface area contributed by atoms with Crippen molar-refractivity contribution in [2.24, 2.45) is 0 Å². The quantitative estimate of drug-likeness (QED) is 0.762. The molecule has 0 unspecified atom stereocenters. The Morgan fingerprint density at radius 2 is 2.08 bits per heavy atom. The molecule has 1 aliphatic heterocycles. The Bertz CT molecular complexity index is 1090. The molecule has 0 bridgehead atoms. The third-order valence-corrected chi connectivity index (χ3v) is 6.55. The van der Waals surface area contributed by atoms with Crippen LogP contribution < -0.4 is 0 Å². The van der Waals surface area contributed by atoms with Gasteiger partial charge in [-0.2, -0.15) is 4.31 Å². The van der Waals surface area contributed by atoms with Gasteiger partial charge in [0.2, 0.25) is 10.0 Å². The van der Waals surface area contributed by atoms with E-state index in [0.717, 1.165) is 11.2 Å². The second-order valence-electron chi connectivity index (χ2n) is 6.70. The number of benzene rings is 1. The van der Waals surface area contributed by atoms with Gasteiger partial charge in [0, 0.05) is 41.3 Å². The molecule has 0 saturated heterocycles. The van der Waals surface area contributed by atoms with E-state index in [0.29, 0.717) is 31.0 Å². The summed E-state index contributed by atoms with van der Waals surface area (Å²) in [5, 5.41) is 4.94. The number of hydrogen-bond acceptors (Lipinski definition) is 4. The lowest BCUT2D eigenvalue weighted by Crippen LogP contribution is -2.35. The molecule has 0 fully saturated rings. The summed E-state index contributed by atoms with van der Waals surface area (Å²) >= 11 is 0. The van der Waals surface area contributed by atoms with E-state index in [-0.39, 0.29) is 5.75 Å². The summed E-state index contributed by atoms with van der Waals surface area (Å²) in [6.45, 7) is 4.69. The summed E-state index contributed by atoms with van der Waals surface area (Å²) in [4.78, 5) is 3.41. The van der Waals surface area contributed by atoms with Crippen molar-refractivity contribution >= 4 is 26.5 Å². The van der Waals surface area contributed by atoms with Crippen molar-refractivity contribution in [2.45, 2.75) is 26.0 Å². The van der Waals surface area contributed by atoms with Crippen molar-refractivity contribution in [3.8, 4) is 0 Å². The Morgan fingerprint density at radius 3 is 2.77 bits per heavy atom. The number of rotatable bonds is 4. The van der Waals surface area contributed by atoms with E-state index in [1.807, 2.05) is 18.2 Å². The molecule has 26 heavy (non-hydrogen) atoms. The maximum atomic E-state index is 12.6. The van der Waals surface area contributed by atoms with Crippen molar-refractivity contribution in [1.82, 2.24) is 14.4 Å². The minimum absolute atomic E-state index is 0.150. The normalized spacial score (nSPS) is 16.2. The summed E-state index contributed by atoms with van der Waals surface area (Å²) in [6, 6.07) is 9.86. The van der Waals surface area contributed by atoms with Gasteiger partial charge in [0.15, 0.2) is 5.76 Å². The van der Waals surface area contributed by atoms with Crippen LogP contribution in [-0.2, 0) is 15.8 Å². The highest BCUT2D eigenvalue weighted by molar-refractivity contribution is 7.88. The number of aromatic nitrogens is 2. The summed E-state index contributed by atoms with van der Waals surface area (Å²) in [7, 11) is -3.42. The minimum atomic E-state index is -3.42. The molecule has 4 rings (SSSR count). The molecule has 0 aliphatic carbocycles. The summed E-state index contributed by atoms with van der Waals surface area (Å²) in [5.41, 5.74) is 5.30. The number of sulfonamides is 1. The summed E-state index contributed by atoms with van der Waals surface area (Å²) in [5.74, 6) is 0.230. The van der Waals surface area contributed by atoms with E-state index >= 15 is 0 Å². The third-order valence-electron chi connectivity index (χ3n) is 4.78. The first-order valence-electron chi connectivity index (χ1n) is 8.61. The molecule has 2 aromatic heterocycles. The highest BCUT2D eigenvalue weighted by Crippen LogP contribution is 2.32. The number of aryl methyl sites for hydroxylation is 2. The van der Waals surface area contributed by atoms with E-state index in [1.165, 1.54) is 20.8 Å². The zero-order chi connectivity index (χ0) is 18.3. The highest BCUT2D eigenvalue weighted by atomic mass is 32.2. The fraction of sp³-hybridized carbons (Fsp3) is 0.316. The van der Waals surface area contributed by atoms with Crippen LogP contribution in [0.4, 0.5) is 0 Å². The molecular formula is C19H21N3O3S. The first-order chi connectivity index (χ1) is 12.4. The smallest absolute Gasteiger partial charge is 0.221 e. The Hall–Kier alpha value is -2.38. The van der Waals surface area contributed by atoms with Crippen LogP contribution in [0.2, 0.25) is 0 Å². The Labute approximate surface area is 152 Å². The van der Waals surface area contributed by atoms with Crippen molar-refractivity contribution < 1.29 is 12.9 Å². The molecule has 1 N–H and O–H groups in total. The maximum Gasteiger partial charge on any atom is 0.221 e. The largest absolute Gasteiger partial charge is 0.360 e. The van der Waals surface area contributed by atoms with E-state index in [9.17, 15) is 8.42 Å². The van der Waals surface area contributed by atoms with E-state index in [1.54, 1.807) is 13.0 Å². The Morgan fingerprint density at radius 1 is 1.27 bits per heavy atom. The van der Waals surface area contributed by atoms with Crippen LogP contribution >= 0.6 is 0 Å². The van der Waals surface area contributed by atoms with Crippen LogP contribution in [0.1, 0.15) is 29.1 Å². The van der Waals surface area contributed by atoms with Gasteiger partial charge in [-0.15, -0.1) is 0 Å². The van der Waals surface area contributed by atoms with Crippen LogP contribution in [0, 0.1) is 13.8 Å². The first kappa shape index (κ1) is 17.1. The molecule has 0 radical (unpaired) electrons. The van der Waals surface area contributed by atoms with Crippen LogP contribution in [0.5, 0.6) is 0 Å². The molecule has 0 amide bonds. The molecule has 0 atom stereocenters. The van der Waals surface area contributed by atoms with E-state index in [4.69, 9.17) is 4.52 Å². The highest BCUT2D eigenvalue weighted by Gasteiger charge is 2.27. The fourth-order valence-corrected chi connectivity index (χ4v) is 4.93. The average molecular weight is 371 g/mol. The van der Waals surface area contributed by atoms with Gasteiger partial charge in [-0.05, 0) is 31.9 Å². The zero-order valence-corrected chi connectivity index (χ0v) is 15.6. The lowest BCUT2D eigenvalue weighted by Gasteiger charge is -2.25. The summed E-state index contributed by atoms with van der Waals surface area (Å²) < 4.78 is 31.9. The fourth-order valence-electron chi connectivity index (χ4n) is 3.58. The molecule has 3 heterocycles. The number of para-hydroxylation sites is 1. The van der Waals surface area contributed by atoms with Crippen LogP contribution in [-0.4, -0.2) is 36.0 Å². The third kappa shape index (κ3) is 3.08. The topological polar surface area (TPSA) is 79.2 Å². The number of nitrogens with zero attached hydrogens (tertiary/aromatic N) is 2. The van der Waals surface area contributed by atoms with E-state index in [2.05, 4.69) is 29.2 Å². The van der Waals surface area contributed by atoms with Crippen LogP contribution in [0.15, 0.2) is 40.9 Å². The van der Waals surface area contributed by atoms with Gasteiger partial charge < -0.3 is 9.51 Å². The second-order valence-corrected chi connectivity index (χ2v) is 8.67. The molecular weight excluding hydrogens is 350 g/mol. The van der Waals surface area contributed by atoms with Crippen molar-refractivity contribution in [1.29, 1.82) is 0 Å². The lowest BCUT2D eigenvalue weighted by atomic mass is 9.97. The van der Waals surface area contributed by atoms with Crippen molar-refractivity contribution in [3.05, 3.63) is 59.1 Å². The van der Waals surface area contributed by atoms with Gasteiger partial charge >= 0.3 is 0 Å². The number of H-pyrrole nitrogens is 1. The predicted octanol–water partition coefficient (Wildman–Crippen LogP) is 3.39. The zero-order valence-electron chi connectivity index (χ0n) is 14.8. The molecule has 0 spiro atoms. The SMILES string of the molecule is Cc1cc(CS(=O)(=O)N2CC=C(c3c(C)[nH]c4ccccc34)CC2)on1. The first-order valence-corrected chi connectivity index (χ1v) is 10.2. The van der Waals surface area contributed by atoms with Gasteiger partial charge in [0.05, 0.1) is 5.69 Å². The standard InChI is InChI=1S/C19H21N3O3S/c1-13-11-16(25-21-13)12-26(23,24)22-9-7-15(8-10-22)19-14(2)20-18-6-4-3-5-17(18)19/h3-7,11,20H,8-10,12H2,1-2H3. The number of nitrogens with one attached hydrogen (secondary N) is 1. The number of aromatic amines is 1. The van der Waals surface area contributed by atoms with Gasteiger partial charge in [-0.1, -0.05) is 29.4 Å². The molecule has 136 valence electrons. The van der Waals surface area contributed by atoms with Gasteiger partial charge in [0.25, 0.3) is 0 Å². The maximum absolute atomic E-state index is 12.6. The molecule has 0 saturated carbocycles. The summed E-state index contributed by atoms with van der Waals surface area (Å²) in [6.07, 6.45) is 2.71. The van der Waals surface area contributed by atoms with Crippen LogP contribution in [0.25, 0.3) is 16.5 Å². The number of hydrogen-bond donors (Lipinski definition) is 1. The molecule has 1 aromatic carbocycles. The second kappa shape index (κ2) is 6.41. The Balaban J connectivity index is 1.57. The molecule has 6 nitrogen and oxygen atoms in total. The van der Waals surface area contributed by atoms with E-state index < -0.39 is 10.0 Å². The van der Waals surface area contributed by atoms with Crippen molar-refractivity contribution in [3.63, 3.8) is 0 Å². The van der Waals surface area contributed by atoms with Gasteiger partial charge in [0.1, 0.15) is 5.75 Å². The van der Waals surface area contributed by atoms with Gasteiger partial charge in [-0.3, -0.25) is 0 Å². The van der Waals surface area contributed by atoms with Crippen LogP contribution in [0.3, 0.4) is 0 Å². The predicted molar refractivity (Wildman–Crippen MR) is 101 cm³/mol. The molecule has 3 aromatic rings. The molecule has 1 aliphatic rings.